The third-order valence-electron chi connectivity index (χ3n) is 7.26. The van der Waals surface area contributed by atoms with Gasteiger partial charge in [-0.25, -0.2) is 9.97 Å². The van der Waals surface area contributed by atoms with E-state index in [1.54, 1.807) is 18.0 Å². The molecule has 2 aliphatic rings. The van der Waals surface area contributed by atoms with E-state index in [-0.39, 0.29) is 17.2 Å². The number of hydrogen-bond donors (Lipinski definition) is 1. The Hall–Kier alpha value is -2.84. The molecule has 8 heteroatoms. The second-order valence-corrected chi connectivity index (χ2v) is 9.92. The molecule has 3 heterocycles. The van der Waals surface area contributed by atoms with Crippen LogP contribution >= 0.6 is 0 Å². The topological polar surface area (TPSA) is 81.7 Å². The molecule has 2 amide bonds. The van der Waals surface area contributed by atoms with E-state index >= 15 is 0 Å². The summed E-state index contributed by atoms with van der Waals surface area (Å²) in [5.41, 5.74) is 2.25. The van der Waals surface area contributed by atoms with E-state index < -0.39 is 6.04 Å². The zero-order valence-corrected chi connectivity index (χ0v) is 20.8. The van der Waals surface area contributed by atoms with Crippen LogP contribution in [0.25, 0.3) is 0 Å². The summed E-state index contributed by atoms with van der Waals surface area (Å²) >= 11 is 0. The van der Waals surface area contributed by atoms with Gasteiger partial charge in [0.05, 0.1) is 0 Å². The van der Waals surface area contributed by atoms with Crippen LogP contribution in [0.2, 0.25) is 0 Å². The summed E-state index contributed by atoms with van der Waals surface area (Å²) in [6.07, 6.45) is 1.94. The van der Waals surface area contributed by atoms with Crippen molar-refractivity contribution in [2.75, 3.05) is 46.8 Å². The monoisotopic (exact) mass is 464 g/mol. The Morgan fingerprint density at radius 1 is 1.09 bits per heavy atom. The number of carbonyl (C=O) groups excluding carboxylic acids is 2. The Kier molecular flexibility index (Phi) is 7.28. The summed E-state index contributed by atoms with van der Waals surface area (Å²) in [7, 11) is 3.78. The maximum atomic E-state index is 13.5. The van der Waals surface area contributed by atoms with Gasteiger partial charge in [0, 0.05) is 44.3 Å². The molecule has 1 atom stereocenters. The molecule has 8 nitrogen and oxygen atoms in total. The lowest BCUT2D eigenvalue weighted by atomic mass is 9.79. The second-order valence-electron chi connectivity index (χ2n) is 9.92. The van der Waals surface area contributed by atoms with Gasteiger partial charge < -0.3 is 15.1 Å². The van der Waals surface area contributed by atoms with Crippen molar-refractivity contribution in [3.63, 3.8) is 0 Å². The average Bonchev–Trinajstić information content (AvgIpc) is 2.85. The summed E-state index contributed by atoms with van der Waals surface area (Å²) in [4.78, 5) is 42.0. The normalized spacial score (nSPS) is 21.3. The smallest absolute Gasteiger partial charge is 0.272 e. The largest absolute Gasteiger partial charge is 0.358 e. The summed E-state index contributed by atoms with van der Waals surface area (Å²) < 4.78 is 0. The molecule has 0 radical (unpaired) electrons. The molecule has 0 bridgehead atoms. The number of benzene rings is 1. The first-order chi connectivity index (χ1) is 16.3. The first-order valence-corrected chi connectivity index (χ1v) is 12.1. The molecule has 2 saturated heterocycles. The third kappa shape index (κ3) is 5.28. The number of piperidine rings is 1. The van der Waals surface area contributed by atoms with Crippen molar-refractivity contribution < 1.29 is 9.59 Å². The van der Waals surface area contributed by atoms with Crippen molar-refractivity contribution in [1.29, 1.82) is 0 Å². The Morgan fingerprint density at radius 2 is 1.79 bits per heavy atom. The van der Waals surface area contributed by atoms with Gasteiger partial charge in [-0.2, -0.15) is 0 Å². The Morgan fingerprint density at radius 3 is 2.47 bits per heavy atom. The molecule has 34 heavy (non-hydrogen) atoms. The minimum absolute atomic E-state index is 0.0770. The van der Waals surface area contributed by atoms with E-state index in [0.717, 1.165) is 43.0 Å². The number of nitrogens with zero attached hydrogens (tertiary/aromatic N) is 5. The zero-order chi connectivity index (χ0) is 24.3. The fourth-order valence-electron chi connectivity index (χ4n) is 4.87. The number of rotatable bonds is 5. The predicted octanol–water partition coefficient (Wildman–Crippen LogP) is 1.84. The molecule has 2 aromatic rings. The van der Waals surface area contributed by atoms with E-state index in [0.29, 0.717) is 31.9 Å². The Bertz CT molecular complexity index is 1020. The number of piperazine rings is 1. The number of aryl methyl sites for hydroxylation is 1. The molecule has 0 saturated carbocycles. The van der Waals surface area contributed by atoms with Gasteiger partial charge in [0.2, 0.25) is 5.91 Å². The maximum absolute atomic E-state index is 13.5. The first-order valence-electron chi connectivity index (χ1n) is 12.1. The summed E-state index contributed by atoms with van der Waals surface area (Å²) in [5.74, 6) is 0.554. The molecule has 1 aromatic carbocycles. The van der Waals surface area contributed by atoms with Crippen molar-refractivity contribution in [3.05, 3.63) is 59.2 Å². The standard InChI is InChI=1S/C26H36N6O2/c1-19-16-21(29-25(28-19)26(2)10-12-30(4)13-11-26)24(34)32-15-14-31(22(18-32)23(33)27-3)17-20-8-6-5-7-9-20/h5-9,16,22H,10-15,17-18H2,1-4H3,(H,27,33). The number of aromatic nitrogens is 2. The molecule has 1 unspecified atom stereocenters. The lowest BCUT2D eigenvalue weighted by Gasteiger charge is -2.40. The van der Waals surface area contributed by atoms with Gasteiger partial charge in [-0.05, 0) is 51.5 Å². The van der Waals surface area contributed by atoms with Crippen molar-refractivity contribution in [3.8, 4) is 0 Å². The van der Waals surface area contributed by atoms with Crippen LogP contribution in [-0.2, 0) is 16.8 Å². The van der Waals surface area contributed by atoms with Crippen molar-refractivity contribution >= 4 is 11.8 Å². The summed E-state index contributed by atoms with van der Waals surface area (Å²) in [5, 5.41) is 2.77. The number of nitrogens with one attached hydrogen (secondary N) is 1. The van der Waals surface area contributed by atoms with Crippen LogP contribution in [0.1, 0.15) is 47.3 Å². The van der Waals surface area contributed by atoms with Gasteiger partial charge in [-0.3, -0.25) is 14.5 Å². The second kappa shape index (κ2) is 10.2. The van der Waals surface area contributed by atoms with Crippen LogP contribution in [0, 0.1) is 6.92 Å². The molecule has 2 fully saturated rings. The van der Waals surface area contributed by atoms with Crippen molar-refractivity contribution in [2.45, 2.75) is 44.7 Å². The molecular weight excluding hydrogens is 428 g/mol. The molecule has 0 aliphatic carbocycles. The Labute approximate surface area is 202 Å². The maximum Gasteiger partial charge on any atom is 0.272 e. The molecule has 2 aliphatic heterocycles. The summed E-state index contributed by atoms with van der Waals surface area (Å²) in [6, 6.07) is 11.5. The Balaban J connectivity index is 1.53. The quantitative estimate of drug-likeness (QED) is 0.727. The van der Waals surface area contributed by atoms with Gasteiger partial charge >= 0.3 is 0 Å². The number of likely N-dealkylation sites (N-methyl/N-ethyl adjacent to an activating group) is 1. The molecule has 182 valence electrons. The fraction of sp³-hybridized carbons (Fsp3) is 0.538. The number of carbonyl (C=O) groups is 2. The van der Waals surface area contributed by atoms with Crippen LogP contribution in [0.4, 0.5) is 0 Å². The fourth-order valence-corrected chi connectivity index (χ4v) is 4.87. The average molecular weight is 465 g/mol. The SMILES string of the molecule is CNC(=O)C1CN(C(=O)c2cc(C)nc(C3(C)CCN(C)CC3)n2)CCN1Cc1ccccc1. The van der Waals surface area contributed by atoms with Crippen LogP contribution < -0.4 is 5.32 Å². The highest BCUT2D eigenvalue weighted by Crippen LogP contribution is 2.32. The molecule has 4 rings (SSSR count). The summed E-state index contributed by atoms with van der Waals surface area (Å²) in [6.45, 7) is 8.30. The van der Waals surface area contributed by atoms with Crippen LogP contribution in [0.5, 0.6) is 0 Å². The molecule has 1 aromatic heterocycles. The van der Waals surface area contributed by atoms with Gasteiger partial charge in [0.15, 0.2) is 0 Å². The van der Waals surface area contributed by atoms with Crippen LogP contribution in [0.15, 0.2) is 36.4 Å². The highest BCUT2D eigenvalue weighted by atomic mass is 16.2. The van der Waals surface area contributed by atoms with E-state index in [9.17, 15) is 9.59 Å². The lowest BCUT2D eigenvalue weighted by molar-refractivity contribution is -0.128. The van der Waals surface area contributed by atoms with Gasteiger partial charge in [-0.15, -0.1) is 0 Å². The molecule has 0 spiro atoms. The lowest BCUT2D eigenvalue weighted by Crippen LogP contribution is -2.59. The number of amides is 2. The number of hydrogen-bond acceptors (Lipinski definition) is 6. The van der Waals surface area contributed by atoms with E-state index in [1.165, 1.54) is 0 Å². The van der Waals surface area contributed by atoms with E-state index in [2.05, 4.69) is 41.2 Å². The molecular formula is C26H36N6O2. The van der Waals surface area contributed by atoms with Crippen molar-refractivity contribution in [2.24, 2.45) is 0 Å². The highest BCUT2D eigenvalue weighted by Gasteiger charge is 2.37. The van der Waals surface area contributed by atoms with Crippen molar-refractivity contribution in [1.82, 2.24) is 30.0 Å². The minimum atomic E-state index is -0.406. The number of likely N-dealkylation sites (tertiary alicyclic amines) is 1. The van der Waals surface area contributed by atoms with E-state index in [4.69, 9.17) is 9.97 Å². The van der Waals surface area contributed by atoms with Crippen LogP contribution in [-0.4, -0.2) is 89.3 Å². The van der Waals surface area contributed by atoms with Gasteiger partial charge in [0.25, 0.3) is 5.91 Å². The van der Waals surface area contributed by atoms with Gasteiger partial charge in [-0.1, -0.05) is 37.3 Å². The van der Waals surface area contributed by atoms with E-state index in [1.807, 2.05) is 25.1 Å². The van der Waals surface area contributed by atoms with Gasteiger partial charge in [0.1, 0.15) is 17.6 Å². The predicted molar refractivity (Wildman–Crippen MR) is 131 cm³/mol. The third-order valence-corrected chi connectivity index (χ3v) is 7.26. The van der Waals surface area contributed by atoms with Crippen LogP contribution in [0.3, 0.4) is 0 Å². The minimum Gasteiger partial charge on any atom is -0.358 e. The first kappa shape index (κ1) is 24.3. The highest BCUT2D eigenvalue weighted by molar-refractivity contribution is 5.93. The molecule has 1 N–H and O–H groups in total. The zero-order valence-electron chi connectivity index (χ0n) is 20.8.